The van der Waals surface area contributed by atoms with Crippen LogP contribution in [0.25, 0.3) is 0 Å². The van der Waals surface area contributed by atoms with E-state index in [-0.39, 0.29) is 6.04 Å². The number of rotatable bonds is 4. The maximum absolute atomic E-state index is 5.12. The van der Waals surface area contributed by atoms with Gasteiger partial charge in [0.2, 0.25) is 0 Å². The molecule has 4 nitrogen and oxygen atoms in total. The Kier molecular flexibility index (Phi) is 5.96. The highest BCUT2D eigenvalue weighted by atomic mass is 32.1. The molecule has 1 unspecified atom stereocenters. The van der Waals surface area contributed by atoms with Crippen LogP contribution in [0.4, 0.5) is 0 Å². The summed E-state index contributed by atoms with van der Waals surface area (Å²) in [6.45, 7) is 4.81. The Balaban J connectivity index is 3.86. The van der Waals surface area contributed by atoms with Crippen LogP contribution in [0.1, 0.15) is 13.8 Å². The number of hydrogen-bond acceptors (Lipinski definition) is 3. The molecule has 0 aliphatic rings. The van der Waals surface area contributed by atoms with Gasteiger partial charge in [-0.25, -0.2) is 5.84 Å². The van der Waals surface area contributed by atoms with E-state index >= 15 is 0 Å². The van der Waals surface area contributed by atoms with E-state index in [9.17, 15) is 0 Å². The molecule has 0 radical (unpaired) electrons. The van der Waals surface area contributed by atoms with E-state index in [0.717, 1.165) is 0 Å². The summed E-state index contributed by atoms with van der Waals surface area (Å²) < 4.78 is 5.02. The fraction of sp³-hybridized carbons (Fsp3) is 0.857. The molecule has 0 aromatic rings. The number of hydrazine groups is 1. The second-order valence-electron chi connectivity index (χ2n) is 2.92. The number of nitrogens with one attached hydrogen (secondary N) is 2. The molecule has 1 atom stereocenters. The second-order valence-corrected chi connectivity index (χ2v) is 3.33. The van der Waals surface area contributed by atoms with Crippen LogP contribution in [0.5, 0.6) is 0 Å². The summed E-state index contributed by atoms with van der Waals surface area (Å²) in [7, 11) is 1.66. The quantitative estimate of drug-likeness (QED) is 0.332. The Bertz CT molecular complexity index is 141. The van der Waals surface area contributed by atoms with Crippen LogP contribution in [0.2, 0.25) is 0 Å². The van der Waals surface area contributed by atoms with Crippen LogP contribution in [-0.4, -0.2) is 24.9 Å². The van der Waals surface area contributed by atoms with Crippen molar-refractivity contribution < 1.29 is 4.74 Å². The minimum Gasteiger partial charge on any atom is -0.383 e. The monoisotopic (exact) mass is 191 g/mol. The van der Waals surface area contributed by atoms with Gasteiger partial charge >= 0.3 is 0 Å². The number of hydrogen-bond donors (Lipinski definition) is 3. The molecule has 4 N–H and O–H groups in total. The zero-order valence-corrected chi connectivity index (χ0v) is 8.57. The number of ether oxygens (including phenoxy) is 1. The van der Waals surface area contributed by atoms with Gasteiger partial charge in [0, 0.05) is 7.11 Å². The molecular weight excluding hydrogens is 174 g/mol. The van der Waals surface area contributed by atoms with E-state index < -0.39 is 0 Å². The average Bonchev–Trinajstić information content (AvgIpc) is 2.03. The lowest BCUT2D eigenvalue weighted by molar-refractivity contribution is 0.156. The molecule has 0 bridgehead atoms. The normalized spacial score (nSPS) is 12.8. The maximum Gasteiger partial charge on any atom is 0.180 e. The summed E-state index contributed by atoms with van der Waals surface area (Å²) in [6, 6.07) is 0.207. The molecule has 0 rings (SSSR count). The highest BCUT2D eigenvalue weighted by Crippen LogP contribution is 2.01. The molecule has 0 fully saturated rings. The van der Waals surface area contributed by atoms with Crippen LogP contribution in [0.15, 0.2) is 0 Å². The maximum atomic E-state index is 5.12. The molecule has 0 saturated carbocycles. The molecule has 0 aliphatic carbocycles. The first kappa shape index (κ1) is 11.6. The Morgan fingerprint density at radius 3 is 2.50 bits per heavy atom. The third-order valence-electron chi connectivity index (χ3n) is 1.60. The van der Waals surface area contributed by atoms with Crippen molar-refractivity contribution in [3.8, 4) is 0 Å². The molecule has 5 heteroatoms. The number of nitrogens with two attached hydrogens (primary N) is 1. The van der Waals surface area contributed by atoms with Crippen molar-refractivity contribution in [2.24, 2.45) is 11.8 Å². The van der Waals surface area contributed by atoms with E-state index in [1.165, 1.54) is 0 Å². The van der Waals surface area contributed by atoms with Crippen LogP contribution in [0.3, 0.4) is 0 Å². The van der Waals surface area contributed by atoms with Crippen molar-refractivity contribution in [3.05, 3.63) is 0 Å². The predicted molar refractivity (Wildman–Crippen MR) is 53.6 cm³/mol. The summed E-state index contributed by atoms with van der Waals surface area (Å²) in [6.07, 6.45) is 0. The van der Waals surface area contributed by atoms with Gasteiger partial charge in [-0.2, -0.15) is 0 Å². The molecular formula is C7H17N3OS. The molecule has 72 valence electrons. The highest BCUT2D eigenvalue weighted by molar-refractivity contribution is 7.80. The Morgan fingerprint density at radius 2 is 2.17 bits per heavy atom. The minimum absolute atomic E-state index is 0.207. The molecule has 0 spiro atoms. The Hall–Kier alpha value is -0.390. The van der Waals surface area contributed by atoms with Gasteiger partial charge in [0.25, 0.3) is 0 Å². The first-order chi connectivity index (χ1) is 5.61. The van der Waals surface area contributed by atoms with Crippen LogP contribution < -0.4 is 16.6 Å². The zero-order valence-electron chi connectivity index (χ0n) is 7.76. The van der Waals surface area contributed by atoms with Crippen molar-refractivity contribution >= 4 is 17.3 Å². The lowest BCUT2D eigenvalue weighted by atomic mass is 10.1. The Morgan fingerprint density at radius 1 is 1.58 bits per heavy atom. The van der Waals surface area contributed by atoms with Crippen molar-refractivity contribution in [3.63, 3.8) is 0 Å². The predicted octanol–water partition coefficient (Wildman–Crippen LogP) is -0.00480. The number of thiocarbonyl (C=S) groups is 1. The van der Waals surface area contributed by atoms with Gasteiger partial charge in [-0.05, 0) is 18.1 Å². The van der Waals surface area contributed by atoms with Gasteiger partial charge in [-0.15, -0.1) is 0 Å². The lowest BCUT2D eigenvalue weighted by Crippen LogP contribution is -2.48. The summed E-state index contributed by atoms with van der Waals surface area (Å²) >= 11 is 4.86. The average molecular weight is 191 g/mol. The lowest BCUT2D eigenvalue weighted by Gasteiger charge is -2.22. The van der Waals surface area contributed by atoms with Crippen LogP contribution in [0, 0.1) is 5.92 Å². The van der Waals surface area contributed by atoms with Crippen molar-refractivity contribution in [2.75, 3.05) is 13.7 Å². The Labute approximate surface area is 78.8 Å². The standard InChI is InChI=1S/C7H17N3OS/c1-5(2)6(4-11-3)9-7(12)10-8/h5-6H,4,8H2,1-3H3,(H2,9,10,12). The molecule has 12 heavy (non-hydrogen) atoms. The third kappa shape index (κ3) is 4.48. The van der Waals surface area contributed by atoms with E-state index in [4.69, 9.17) is 22.8 Å². The molecule has 0 aliphatic heterocycles. The molecule has 0 heterocycles. The zero-order chi connectivity index (χ0) is 9.56. The molecule has 0 saturated heterocycles. The fourth-order valence-corrected chi connectivity index (χ4v) is 0.942. The SMILES string of the molecule is COCC(NC(=S)NN)C(C)C. The summed E-state index contributed by atoms with van der Waals surface area (Å²) in [5.74, 6) is 5.58. The second kappa shape index (κ2) is 6.16. The van der Waals surface area contributed by atoms with Crippen LogP contribution >= 0.6 is 12.2 Å². The van der Waals surface area contributed by atoms with Gasteiger partial charge < -0.3 is 15.5 Å². The van der Waals surface area contributed by atoms with E-state index in [1.54, 1.807) is 7.11 Å². The van der Waals surface area contributed by atoms with Crippen molar-refractivity contribution in [2.45, 2.75) is 19.9 Å². The molecule has 0 aromatic carbocycles. The minimum atomic E-state index is 0.207. The smallest absolute Gasteiger partial charge is 0.180 e. The summed E-state index contributed by atoms with van der Waals surface area (Å²) in [5, 5.41) is 3.49. The van der Waals surface area contributed by atoms with Gasteiger partial charge in [-0.3, -0.25) is 0 Å². The molecule has 0 aromatic heterocycles. The van der Waals surface area contributed by atoms with Crippen molar-refractivity contribution in [1.29, 1.82) is 0 Å². The number of methoxy groups -OCH3 is 1. The third-order valence-corrected chi connectivity index (χ3v) is 1.83. The first-order valence-electron chi connectivity index (χ1n) is 3.87. The van der Waals surface area contributed by atoms with Gasteiger partial charge in [0.05, 0.1) is 12.6 Å². The fourth-order valence-electron chi connectivity index (χ4n) is 0.790. The first-order valence-corrected chi connectivity index (χ1v) is 4.28. The summed E-state index contributed by atoms with van der Waals surface area (Å²) in [4.78, 5) is 0. The summed E-state index contributed by atoms with van der Waals surface area (Å²) in [5.41, 5.74) is 2.37. The van der Waals surface area contributed by atoms with E-state index in [0.29, 0.717) is 17.6 Å². The van der Waals surface area contributed by atoms with Crippen molar-refractivity contribution in [1.82, 2.24) is 10.7 Å². The van der Waals surface area contributed by atoms with Gasteiger partial charge in [0.1, 0.15) is 0 Å². The van der Waals surface area contributed by atoms with E-state index in [1.807, 2.05) is 0 Å². The molecule has 0 amide bonds. The highest BCUT2D eigenvalue weighted by Gasteiger charge is 2.12. The van der Waals surface area contributed by atoms with Gasteiger partial charge in [-0.1, -0.05) is 13.8 Å². The largest absolute Gasteiger partial charge is 0.383 e. The van der Waals surface area contributed by atoms with Gasteiger partial charge in [0.15, 0.2) is 5.11 Å². The van der Waals surface area contributed by atoms with E-state index in [2.05, 4.69) is 24.6 Å². The van der Waals surface area contributed by atoms with Crippen LogP contribution in [-0.2, 0) is 4.74 Å². The topological polar surface area (TPSA) is 59.3 Å².